The minimum Gasteiger partial charge on any atom is -0.427 e. The fourth-order valence-electron chi connectivity index (χ4n) is 1.32. The number of nitrogens with zero attached hydrogens (tertiary/aromatic N) is 4. The smallest absolute Gasteiger partial charge is 0.313 e. The SMILES string of the molecule is N#Cc1nccnc1Oc1c(Cl)cccc1[N+](=O)[O-]. The van der Waals surface area contributed by atoms with Gasteiger partial charge in [-0.3, -0.25) is 10.1 Å². The maximum Gasteiger partial charge on any atom is 0.313 e. The number of para-hydroxylation sites is 1. The van der Waals surface area contributed by atoms with Crippen LogP contribution in [0.15, 0.2) is 30.6 Å². The number of aromatic nitrogens is 2. The Bertz CT molecular complexity index is 684. The molecule has 0 saturated heterocycles. The van der Waals surface area contributed by atoms with E-state index < -0.39 is 4.92 Å². The van der Waals surface area contributed by atoms with Gasteiger partial charge in [-0.15, -0.1) is 0 Å². The molecule has 0 aliphatic rings. The van der Waals surface area contributed by atoms with Crippen molar-refractivity contribution in [3.05, 3.63) is 51.4 Å². The molecule has 0 N–H and O–H groups in total. The molecule has 94 valence electrons. The second kappa shape index (κ2) is 5.29. The van der Waals surface area contributed by atoms with E-state index in [1.807, 2.05) is 0 Å². The molecule has 0 unspecified atom stereocenters. The van der Waals surface area contributed by atoms with Crippen molar-refractivity contribution >= 4 is 17.3 Å². The Morgan fingerprint density at radius 1 is 1.37 bits per heavy atom. The summed E-state index contributed by atoms with van der Waals surface area (Å²) >= 11 is 5.86. The lowest BCUT2D eigenvalue weighted by Gasteiger charge is -2.07. The van der Waals surface area contributed by atoms with Gasteiger partial charge >= 0.3 is 5.69 Å². The average Bonchev–Trinajstić information content (AvgIpc) is 2.41. The summed E-state index contributed by atoms with van der Waals surface area (Å²) in [4.78, 5) is 17.8. The van der Waals surface area contributed by atoms with E-state index in [4.69, 9.17) is 21.6 Å². The van der Waals surface area contributed by atoms with Crippen molar-refractivity contribution in [2.24, 2.45) is 0 Å². The Hall–Kier alpha value is -2.72. The lowest BCUT2D eigenvalue weighted by atomic mass is 10.3. The predicted molar refractivity (Wildman–Crippen MR) is 64.9 cm³/mol. The molecule has 1 aromatic heterocycles. The van der Waals surface area contributed by atoms with Gasteiger partial charge < -0.3 is 4.74 Å². The van der Waals surface area contributed by atoms with Crippen molar-refractivity contribution in [3.63, 3.8) is 0 Å². The molecule has 1 aromatic carbocycles. The third kappa shape index (κ3) is 2.59. The Morgan fingerprint density at radius 2 is 2.11 bits per heavy atom. The number of benzene rings is 1. The highest BCUT2D eigenvalue weighted by atomic mass is 35.5. The molecule has 19 heavy (non-hydrogen) atoms. The standard InChI is InChI=1S/C11H5ClN4O3/c12-7-2-1-3-9(16(17)18)10(7)19-11-8(6-13)14-4-5-15-11/h1-5H. The van der Waals surface area contributed by atoms with Gasteiger partial charge in [0.1, 0.15) is 6.07 Å². The molecule has 2 rings (SSSR count). The van der Waals surface area contributed by atoms with Crippen LogP contribution >= 0.6 is 11.6 Å². The molecule has 0 spiro atoms. The lowest BCUT2D eigenvalue weighted by molar-refractivity contribution is -0.385. The van der Waals surface area contributed by atoms with Crippen LogP contribution in [-0.2, 0) is 0 Å². The van der Waals surface area contributed by atoms with Gasteiger partial charge in [-0.25, -0.2) is 9.97 Å². The molecule has 8 heteroatoms. The Balaban J connectivity index is 2.50. The highest BCUT2D eigenvalue weighted by molar-refractivity contribution is 6.32. The number of rotatable bonds is 3. The van der Waals surface area contributed by atoms with Crippen LogP contribution in [0, 0.1) is 21.4 Å². The van der Waals surface area contributed by atoms with E-state index in [0.29, 0.717) is 0 Å². The zero-order chi connectivity index (χ0) is 13.8. The second-order valence-electron chi connectivity index (χ2n) is 3.27. The summed E-state index contributed by atoms with van der Waals surface area (Å²) in [6.45, 7) is 0. The van der Waals surface area contributed by atoms with E-state index in [2.05, 4.69) is 9.97 Å². The first kappa shape index (κ1) is 12.7. The minimum absolute atomic E-state index is 0.0451. The topological polar surface area (TPSA) is 102 Å². The van der Waals surface area contributed by atoms with Gasteiger partial charge in [-0.1, -0.05) is 17.7 Å². The monoisotopic (exact) mass is 276 g/mol. The van der Waals surface area contributed by atoms with Crippen molar-refractivity contribution < 1.29 is 9.66 Å². The zero-order valence-corrected chi connectivity index (χ0v) is 10.0. The van der Waals surface area contributed by atoms with Crippen molar-refractivity contribution in [2.45, 2.75) is 0 Å². The normalized spacial score (nSPS) is 9.68. The first-order valence-electron chi connectivity index (χ1n) is 4.95. The molecule has 1 heterocycles. The quantitative estimate of drug-likeness (QED) is 0.631. The van der Waals surface area contributed by atoms with Gasteiger partial charge in [0.25, 0.3) is 5.88 Å². The van der Waals surface area contributed by atoms with Crippen LogP contribution in [0.4, 0.5) is 5.69 Å². The van der Waals surface area contributed by atoms with Gasteiger partial charge in [-0.05, 0) is 6.07 Å². The number of halogens is 1. The van der Waals surface area contributed by atoms with Crippen LogP contribution in [0.25, 0.3) is 0 Å². The summed E-state index contributed by atoms with van der Waals surface area (Å²) in [5.74, 6) is -0.313. The number of nitriles is 1. The van der Waals surface area contributed by atoms with Crippen molar-refractivity contribution in [1.82, 2.24) is 9.97 Å². The van der Waals surface area contributed by atoms with Crippen molar-refractivity contribution in [2.75, 3.05) is 0 Å². The summed E-state index contributed by atoms with van der Waals surface area (Å²) in [6, 6.07) is 5.87. The first-order valence-corrected chi connectivity index (χ1v) is 5.33. The molecule has 7 nitrogen and oxygen atoms in total. The van der Waals surface area contributed by atoms with Gasteiger partial charge in [0.2, 0.25) is 11.4 Å². The molecular formula is C11H5ClN4O3. The average molecular weight is 277 g/mol. The van der Waals surface area contributed by atoms with Crippen LogP contribution < -0.4 is 4.74 Å². The predicted octanol–water partition coefficient (Wildman–Crippen LogP) is 2.70. The van der Waals surface area contributed by atoms with E-state index >= 15 is 0 Å². The third-order valence-electron chi connectivity index (χ3n) is 2.11. The fourth-order valence-corrected chi connectivity index (χ4v) is 1.52. The van der Waals surface area contributed by atoms with E-state index in [1.54, 1.807) is 6.07 Å². The molecular weight excluding hydrogens is 272 g/mol. The molecule has 0 aliphatic heterocycles. The molecule has 0 bridgehead atoms. The molecule has 0 amide bonds. The Morgan fingerprint density at radius 3 is 2.79 bits per heavy atom. The lowest BCUT2D eigenvalue weighted by Crippen LogP contribution is -1.98. The third-order valence-corrected chi connectivity index (χ3v) is 2.41. The van der Waals surface area contributed by atoms with E-state index in [9.17, 15) is 10.1 Å². The van der Waals surface area contributed by atoms with Crippen LogP contribution in [0.1, 0.15) is 5.69 Å². The number of ether oxygens (including phenoxy) is 1. The van der Waals surface area contributed by atoms with E-state index in [-0.39, 0.29) is 28.0 Å². The first-order chi connectivity index (χ1) is 9.13. The van der Waals surface area contributed by atoms with Crippen LogP contribution in [0.5, 0.6) is 11.6 Å². The molecule has 0 aliphatic carbocycles. The van der Waals surface area contributed by atoms with Crippen molar-refractivity contribution in [1.29, 1.82) is 5.26 Å². The van der Waals surface area contributed by atoms with E-state index in [1.165, 1.54) is 30.6 Å². The molecule has 2 aromatic rings. The summed E-state index contributed by atoms with van der Waals surface area (Å²) in [5.41, 5.74) is -0.404. The molecule has 0 fully saturated rings. The Kier molecular flexibility index (Phi) is 3.54. The van der Waals surface area contributed by atoms with Crippen LogP contribution in [-0.4, -0.2) is 14.9 Å². The molecule has 0 saturated carbocycles. The van der Waals surface area contributed by atoms with Gasteiger partial charge in [-0.2, -0.15) is 5.26 Å². The highest BCUT2D eigenvalue weighted by Crippen LogP contribution is 2.37. The van der Waals surface area contributed by atoms with Crippen LogP contribution in [0.3, 0.4) is 0 Å². The minimum atomic E-state index is -0.635. The number of nitro benzene ring substituents is 1. The van der Waals surface area contributed by atoms with Crippen molar-refractivity contribution in [3.8, 4) is 17.7 Å². The fraction of sp³-hybridized carbons (Fsp3) is 0. The summed E-state index contributed by atoms with van der Waals surface area (Å²) in [5, 5.41) is 19.8. The zero-order valence-electron chi connectivity index (χ0n) is 9.28. The maximum absolute atomic E-state index is 10.9. The highest BCUT2D eigenvalue weighted by Gasteiger charge is 2.20. The maximum atomic E-state index is 10.9. The Labute approximate surface area is 112 Å². The summed E-state index contributed by atoms with van der Waals surface area (Å²) in [6.07, 6.45) is 2.62. The van der Waals surface area contributed by atoms with E-state index in [0.717, 1.165) is 0 Å². The number of hydrogen-bond donors (Lipinski definition) is 0. The second-order valence-corrected chi connectivity index (χ2v) is 3.68. The summed E-state index contributed by atoms with van der Waals surface area (Å²) in [7, 11) is 0. The number of hydrogen-bond acceptors (Lipinski definition) is 6. The molecule has 0 radical (unpaired) electrons. The van der Waals surface area contributed by atoms with Gasteiger partial charge in [0.15, 0.2) is 0 Å². The largest absolute Gasteiger partial charge is 0.427 e. The van der Waals surface area contributed by atoms with Crippen LogP contribution in [0.2, 0.25) is 5.02 Å². The number of nitro groups is 1. The summed E-state index contributed by atoms with van der Waals surface area (Å²) < 4.78 is 5.25. The molecule has 0 atom stereocenters. The van der Waals surface area contributed by atoms with Gasteiger partial charge in [0.05, 0.1) is 9.95 Å². The van der Waals surface area contributed by atoms with Gasteiger partial charge in [0, 0.05) is 18.5 Å².